The third-order valence-corrected chi connectivity index (χ3v) is 4.23. The van der Waals surface area contributed by atoms with Crippen molar-refractivity contribution in [3.63, 3.8) is 0 Å². The van der Waals surface area contributed by atoms with E-state index in [0.717, 1.165) is 6.42 Å². The molecule has 0 bridgehead atoms. The quantitative estimate of drug-likeness (QED) is 0.580. The van der Waals surface area contributed by atoms with Crippen molar-refractivity contribution >= 4 is 34.9 Å². The largest absolute Gasteiger partial charge is 0.496 e. The van der Waals surface area contributed by atoms with Gasteiger partial charge in [-0.25, -0.2) is 4.79 Å². The molecule has 148 valence electrons. The van der Waals surface area contributed by atoms with Crippen molar-refractivity contribution in [2.45, 2.75) is 6.42 Å². The van der Waals surface area contributed by atoms with Crippen LogP contribution < -0.4 is 25.3 Å². The van der Waals surface area contributed by atoms with Crippen LogP contribution in [0.4, 0.5) is 11.4 Å². The second-order valence-electron chi connectivity index (χ2n) is 5.91. The van der Waals surface area contributed by atoms with Crippen LogP contribution in [0.3, 0.4) is 0 Å². The first-order chi connectivity index (χ1) is 13.5. The molecule has 0 fully saturated rings. The number of amides is 1. The fourth-order valence-corrected chi connectivity index (χ4v) is 2.71. The Morgan fingerprint density at radius 3 is 2.68 bits per heavy atom. The van der Waals surface area contributed by atoms with Gasteiger partial charge in [0.25, 0.3) is 5.91 Å². The van der Waals surface area contributed by atoms with Crippen molar-refractivity contribution in [3.8, 4) is 17.2 Å². The zero-order chi connectivity index (χ0) is 20.1. The third kappa shape index (κ3) is 4.58. The number of carbonyl (C=O) groups is 2. The van der Waals surface area contributed by atoms with E-state index in [-0.39, 0.29) is 22.0 Å². The highest BCUT2D eigenvalue weighted by molar-refractivity contribution is 6.33. The van der Waals surface area contributed by atoms with E-state index >= 15 is 0 Å². The summed E-state index contributed by atoms with van der Waals surface area (Å²) in [5, 5.41) is 2.82. The molecule has 0 aromatic heterocycles. The fourth-order valence-electron chi connectivity index (χ4n) is 2.54. The number of methoxy groups -OCH3 is 1. The van der Waals surface area contributed by atoms with E-state index in [1.54, 1.807) is 18.2 Å². The van der Waals surface area contributed by atoms with E-state index in [2.05, 4.69) is 5.32 Å². The number of anilines is 2. The summed E-state index contributed by atoms with van der Waals surface area (Å²) in [5.41, 5.74) is 6.52. The van der Waals surface area contributed by atoms with Gasteiger partial charge in [-0.1, -0.05) is 11.6 Å². The molecule has 0 unspecified atom stereocenters. The minimum Gasteiger partial charge on any atom is -0.496 e. The number of nitrogen functional groups attached to an aromatic ring is 1. The molecule has 0 radical (unpaired) electrons. The summed E-state index contributed by atoms with van der Waals surface area (Å²) in [4.78, 5) is 24.4. The van der Waals surface area contributed by atoms with Gasteiger partial charge in [-0.3, -0.25) is 4.79 Å². The molecule has 1 amide bonds. The zero-order valence-corrected chi connectivity index (χ0v) is 15.9. The molecule has 3 rings (SSSR count). The highest BCUT2D eigenvalue weighted by Gasteiger charge is 2.18. The average Bonchev–Trinajstić information content (AvgIpc) is 2.92. The van der Waals surface area contributed by atoms with Crippen molar-refractivity contribution in [2.75, 3.05) is 38.0 Å². The Bertz CT molecular complexity index is 902. The standard InChI is InChI=1S/C19H19ClN2O6/c1-25-16-9-14(21)13(20)8-12(16)19(24)28-10-18(23)22-11-3-4-15-17(7-11)27-6-2-5-26-15/h3-4,7-9H,2,5-6,10,21H2,1H3,(H,22,23). The Balaban J connectivity index is 1.61. The summed E-state index contributed by atoms with van der Waals surface area (Å²) in [7, 11) is 1.39. The van der Waals surface area contributed by atoms with Crippen LogP contribution in [-0.2, 0) is 9.53 Å². The van der Waals surface area contributed by atoms with Crippen LogP contribution in [0.25, 0.3) is 0 Å². The number of benzene rings is 2. The summed E-state index contributed by atoms with van der Waals surface area (Å²) in [6, 6.07) is 7.79. The van der Waals surface area contributed by atoms with Crippen molar-refractivity contribution in [2.24, 2.45) is 0 Å². The van der Waals surface area contributed by atoms with Gasteiger partial charge in [-0.15, -0.1) is 0 Å². The van der Waals surface area contributed by atoms with Gasteiger partial charge in [-0.05, 0) is 18.2 Å². The summed E-state index contributed by atoms with van der Waals surface area (Å²) in [5.74, 6) is 0.105. The summed E-state index contributed by atoms with van der Waals surface area (Å²) >= 11 is 5.94. The van der Waals surface area contributed by atoms with Gasteiger partial charge in [0, 0.05) is 24.2 Å². The maximum atomic E-state index is 12.3. The van der Waals surface area contributed by atoms with E-state index < -0.39 is 18.5 Å². The van der Waals surface area contributed by atoms with E-state index in [4.69, 9.17) is 36.3 Å². The van der Waals surface area contributed by atoms with Crippen LogP contribution in [0, 0.1) is 0 Å². The Kier molecular flexibility index (Phi) is 6.10. The minimum absolute atomic E-state index is 0.0741. The summed E-state index contributed by atoms with van der Waals surface area (Å²) in [6.07, 6.45) is 0.783. The number of fused-ring (bicyclic) bond motifs is 1. The van der Waals surface area contributed by atoms with Gasteiger partial charge in [0.05, 0.1) is 31.0 Å². The normalized spacial score (nSPS) is 12.6. The smallest absolute Gasteiger partial charge is 0.342 e. The predicted octanol–water partition coefficient (Wildman–Crippen LogP) is 2.89. The Morgan fingerprint density at radius 2 is 1.93 bits per heavy atom. The summed E-state index contributed by atoms with van der Waals surface area (Å²) in [6.45, 7) is 0.625. The predicted molar refractivity (Wildman–Crippen MR) is 103 cm³/mol. The minimum atomic E-state index is -0.757. The molecule has 8 nitrogen and oxygen atoms in total. The molecule has 28 heavy (non-hydrogen) atoms. The molecular weight excluding hydrogens is 388 g/mol. The van der Waals surface area contributed by atoms with Crippen molar-refractivity contribution in [3.05, 3.63) is 40.9 Å². The third-order valence-electron chi connectivity index (χ3n) is 3.90. The lowest BCUT2D eigenvalue weighted by Crippen LogP contribution is -2.21. The van der Waals surface area contributed by atoms with Gasteiger partial charge >= 0.3 is 5.97 Å². The molecule has 1 aliphatic rings. The highest BCUT2D eigenvalue weighted by atomic mass is 35.5. The van der Waals surface area contributed by atoms with E-state index in [9.17, 15) is 9.59 Å². The van der Waals surface area contributed by atoms with Gasteiger partial charge in [0.2, 0.25) is 0 Å². The summed E-state index contributed by atoms with van der Waals surface area (Å²) < 4.78 is 21.3. The number of rotatable bonds is 5. The number of hydrogen-bond donors (Lipinski definition) is 2. The molecular formula is C19H19ClN2O6. The molecule has 0 saturated carbocycles. The number of halogens is 1. The fraction of sp³-hybridized carbons (Fsp3) is 0.263. The SMILES string of the molecule is COc1cc(N)c(Cl)cc1C(=O)OCC(=O)Nc1ccc2c(c1)OCCCO2. The monoisotopic (exact) mass is 406 g/mol. The molecule has 9 heteroatoms. The first-order valence-electron chi connectivity index (χ1n) is 8.47. The second-order valence-corrected chi connectivity index (χ2v) is 6.32. The Morgan fingerprint density at radius 1 is 1.18 bits per heavy atom. The highest BCUT2D eigenvalue weighted by Crippen LogP contribution is 2.32. The molecule has 0 aliphatic carbocycles. The topological polar surface area (TPSA) is 109 Å². The molecule has 1 aliphatic heterocycles. The van der Waals surface area contributed by atoms with Gasteiger partial charge < -0.3 is 30.0 Å². The van der Waals surface area contributed by atoms with Gasteiger partial charge in [0.1, 0.15) is 11.3 Å². The molecule has 0 saturated heterocycles. The molecule has 2 aromatic rings. The maximum absolute atomic E-state index is 12.3. The van der Waals surface area contributed by atoms with Crippen LogP contribution in [0.5, 0.6) is 17.2 Å². The molecule has 3 N–H and O–H groups in total. The first-order valence-corrected chi connectivity index (χ1v) is 8.85. The van der Waals surface area contributed by atoms with Gasteiger partial charge in [0.15, 0.2) is 18.1 Å². The average molecular weight is 407 g/mol. The lowest BCUT2D eigenvalue weighted by molar-refractivity contribution is -0.119. The van der Waals surface area contributed by atoms with Crippen LogP contribution in [0.15, 0.2) is 30.3 Å². The van der Waals surface area contributed by atoms with Crippen LogP contribution >= 0.6 is 11.6 Å². The van der Waals surface area contributed by atoms with E-state index in [1.807, 2.05) is 0 Å². The molecule has 2 aromatic carbocycles. The van der Waals surface area contributed by atoms with E-state index in [1.165, 1.54) is 19.2 Å². The van der Waals surface area contributed by atoms with E-state index in [0.29, 0.717) is 30.4 Å². The number of hydrogen-bond acceptors (Lipinski definition) is 7. The van der Waals surface area contributed by atoms with Crippen molar-refractivity contribution < 1.29 is 28.5 Å². The maximum Gasteiger partial charge on any atom is 0.342 e. The molecule has 0 spiro atoms. The van der Waals surface area contributed by atoms with Crippen LogP contribution in [0.2, 0.25) is 5.02 Å². The number of nitrogens with one attached hydrogen (secondary N) is 1. The van der Waals surface area contributed by atoms with Crippen LogP contribution in [-0.4, -0.2) is 38.8 Å². The number of ether oxygens (including phenoxy) is 4. The number of carbonyl (C=O) groups excluding carboxylic acids is 2. The molecule has 1 heterocycles. The molecule has 0 atom stereocenters. The number of nitrogens with two attached hydrogens (primary N) is 1. The second kappa shape index (κ2) is 8.71. The van der Waals surface area contributed by atoms with Crippen molar-refractivity contribution in [1.29, 1.82) is 0 Å². The Hall–Kier alpha value is -3.13. The Labute approximate surface area is 166 Å². The van der Waals surface area contributed by atoms with Gasteiger partial charge in [-0.2, -0.15) is 0 Å². The lowest BCUT2D eigenvalue weighted by Gasteiger charge is -2.12. The van der Waals surface area contributed by atoms with Crippen LogP contribution in [0.1, 0.15) is 16.8 Å². The lowest BCUT2D eigenvalue weighted by atomic mass is 10.2. The number of esters is 1. The van der Waals surface area contributed by atoms with Crippen molar-refractivity contribution in [1.82, 2.24) is 0 Å². The zero-order valence-electron chi connectivity index (χ0n) is 15.1. The first kappa shape index (κ1) is 19.6.